The molecule has 2 aromatic heterocycles. The van der Waals surface area contributed by atoms with Gasteiger partial charge in [-0.3, -0.25) is 14.9 Å². The predicted molar refractivity (Wildman–Crippen MR) is 87.6 cm³/mol. The van der Waals surface area contributed by atoms with Crippen molar-refractivity contribution in [3.8, 4) is 0 Å². The number of hydrogen-bond acceptors (Lipinski definition) is 6. The maximum absolute atomic E-state index is 12.3. The first-order valence-electron chi connectivity index (χ1n) is 7.22. The van der Waals surface area contributed by atoms with Gasteiger partial charge in [-0.2, -0.15) is 0 Å². The van der Waals surface area contributed by atoms with E-state index >= 15 is 0 Å². The molecule has 0 fully saturated rings. The minimum atomic E-state index is -0.485. The average Bonchev–Trinajstić information content (AvgIpc) is 3.00. The van der Waals surface area contributed by atoms with Crippen molar-refractivity contribution >= 4 is 28.7 Å². The van der Waals surface area contributed by atoms with Crippen molar-refractivity contribution in [3.05, 3.63) is 49.8 Å². The Kier molecular flexibility index (Phi) is 4.24. The van der Waals surface area contributed by atoms with E-state index in [1.165, 1.54) is 22.7 Å². The molecule has 0 aromatic carbocycles. The van der Waals surface area contributed by atoms with Crippen LogP contribution in [0.25, 0.3) is 0 Å². The van der Waals surface area contributed by atoms with E-state index in [1.807, 2.05) is 4.90 Å². The van der Waals surface area contributed by atoms with Crippen LogP contribution in [0.3, 0.4) is 0 Å². The Hall–Kier alpha value is -2.48. The van der Waals surface area contributed by atoms with Crippen molar-refractivity contribution in [2.24, 2.45) is 0 Å². The third kappa shape index (κ3) is 3.31. The molecule has 23 heavy (non-hydrogen) atoms. The Morgan fingerprint density at radius 2 is 2.39 bits per heavy atom. The second kappa shape index (κ2) is 6.33. The van der Waals surface area contributed by atoms with E-state index in [9.17, 15) is 14.9 Å². The molecule has 1 N–H and O–H groups in total. The summed E-state index contributed by atoms with van der Waals surface area (Å²) in [7, 11) is 0. The van der Waals surface area contributed by atoms with Crippen LogP contribution < -0.4 is 5.32 Å². The number of rotatable bonds is 4. The van der Waals surface area contributed by atoms with Gasteiger partial charge in [-0.1, -0.05) is 0 Å². The first-order valence-corrected chi connectivity index (χ1v) is 8.10. The summed E-state index contributed by atoms with van der Waals surface area (Å²) in [5.41, 5.74) is 1.81. The van der Waals surface area contributed by atoms with Gasteiger partial charge in [-0.25, -0.2) is 4.98 Å². The number of carbonyl (C=O) groups excluding carboxylic acids is 1. The third-order valence-corrected chi connectivity index (χ3v) is 4.87. The van der Waals surface area contributed by atoms with E-state index < -0.39 is 4.92 Å². The predicted octanol–water partition coefficient (Wildman–Crippen LogP) is 2.36. The van der Waals surface area contributed by atoms with Gasteiger partial charge in [-0.05, 0) is 35.9 Å². The number of fused-ring (bicyclic) bond motifs is 1. The minimum absolute atomic E-state index is 0.00130. The lowest BCUT2D eigenvalue weighted by Gasteiger charge is -2.27. The van der Waals surface area contributed by atoms with Crippen LogP contribution in [0, 0.1) is 17.0 Å². The molecule has 0 saturated heterocycles. The molecule has 8 heteroatoms. The number of nitrogens with zero attached hydrogens (tertiary/aromatic N) is 3. The summed E-state index contributed by atoms with van der Waals surface area (Å²) in [5, 5.41) is 15.7. The zero-order chi connectivity index (χ0) is 16.4. The topological polar surface area (TPSA) is 88.4 Å². The summed E-state index contributed by atoms with van der Waals surface area (Å²) < 4.78 is 0. The van der Waals surface area contributed by atoms with Gasteiger partial charge in [0.1, 0.15) is 12.0 Å². The zero-order valence-electron chi connectivity index (χ0n) is 12.6. The van der Waals surface area contributed by atoms with E-state index in [2.05, 4.69) is 21.7 Å². The second-order valence-corrected chi connectivity index (χ2v) is 6.40. The maximum Gasteiger partial charge on any atom is 0.287 e. The summed E-state index contributed by atoms with van der Waals surface area (Å²) in [6, 6.07) is 3.51. The van der Waals surface area contributed by atoms with Crippen LogP contribution in [0.5, 0.6) is 0 Å². The van der Waals surface area contributed by atoms with Gasteiger partial charge >= 0.3 is 0 Å². The Morgan fingerprint density at radius 1 is 1.57 bits per heavy atom. The Labute approximate surface area is 137 Å². The molecule has 120 valence electrons. The lowest BCUT2D eigenvalue weighted by molar-refractivity contribution is -0.385. The third-order valence-electron chi connectivity index (χ3n) is 3.84. The van der Waals surface area contributed by atoms with Gasteiger partial charge < -0.3 is 10.2 Å². The molecule has 0 bridgehead atoms. The molecule has 2 aromatic rings. The number of nitro groups is 1. The molecule has 1 aliphatic heterocycles. The van der Waals surface area contributed by atoms with Crippen LogP contribution in [0.2, 0.25) is 0 Å². The van der Waals surface area contributed by atoms with Gasteiger partial charge in [0.2, 0.25) is 5.91 Å². The molecular formula is C15H16N4O3S. The van der Waals surface area contributed by atoms with Gasteiger partial charge in [0.05, 0.1) is 11.5 Å². The summed E-state index contributed by atoms with van der Waals surface area (Å²) in [4.78, 5) is 29.7. The standard InChI is InChI=1S/C15H16N4O3S/c1-10-6-12(19(21)22)7-16-15(10)17-8-14(20)18-4-2-13-11(9-18)3-5-23-13/h3,5-7H,2,4,8-9H2,1H3,(H,16,17). The Morgan fingerprint density at radius 3 is 3.13 bits per heavy atom. The van der Waals surface area contributed by atoms with Gasteiger partial charge in [0.25, 0.3) is 5.69 Å². The number of aromatic nitrogens is 1. The van der Waals surface area contributed by atoms with Gasteiger partial charge in [0.15, 0.2) is 0 Å². The van der Waals surface area contributed by atoms with E-state index in [1.54, 1.807) is 18.3 Å². The molecule has 0 unspecified atom stereocenters. The van der Waals surface area contributed by atoms with Crippen LogP contribution in [0.4, 0.5) is 11.5 Å². The first-order chi connectivity index (χ1) is 11.0. The zero-order valence-corrected chi connectivity index (χ0v) is 13.4. The fraction of sp³-hybridized carbons (Fsp3) is 0.333. The quantitative estimate of drug-likeness (QED) is 0.686. The van der Waals surface area contributed by atoms with E-state index in [-0.39, 0.29) is 18.1 Å². The summed E-state index contributed by atoms with van der Waals surface area (Å²) in [6.07, 6.45) is 2.09. The number of hydrogen-bond donors (Lipinski definition) is 1. The highest BCUT2D eigenvalue weighted by Gasteiger charge is 2.21. The van der Waals surface area contributed by atoms with Crippen molar-refractivity contribution in [2.75, 3.05) is 18.4 Å². The van der Waals surface area contributed by atoms with Gasteiger partial charge in [0, 0.05) is 24.0 Å². The summed E-state index contributed by atoms with van der Waals surface area (Å²) >= 11 is 1.74. The smallest absolute Gasteiger partial charge is 0.287 e. The van der Waals surface area contributed by atoms with Crippen molar-refractivity contribution in [1.82, 2.24) is 9.88 Å². The van der Waals surface area contributed by atoms with Crippen LogP contribution in [-0.4, -0.2) is 33.8 Å². The number of aryl methyl sites for hydroxylation is 1. The molecule has 0 aliphatic carbocycles. The number of amides is 1. The van der Waals surface area contributed by atoms with Crippen LogP contribution in [0.1, 0.15) is 16.0 Å². The molecule has 0 spiro atoms. The second-order valence-electron chi connectivity index (χ2n) is 5.40. The fourth-order valence-electron chi connectivity index (χ4n) is 2.58. The lowest BCUT2D eigenvalue weighted by atomic mass is 10.1. The molecule has 7 nitrogen and oxygen atoms in total. The molecule has 0 atom stereocenters. The van der Waals surface area contributed by atoms with Crippen molar-refractivity contribution in [2.45, 2.75) is 19.9 Å². The van der Waals surface area contributed by atoms with Crippen LogP contribution in [0.15, 0.2) is 23.7 Å². The summed E-state index contributed by atoms with van der Waals surface area (Å²) in [5.74, 6) is 0.499. The molecule has 1 aliphatic rings. The van der Waals surface area contributed by atoms with Crippen LogP contribution in [-0.2, 0) is 17.8 Å². The number of pyridine rings is 1. The Bertz CT molecular complexity index is 759. The number of anilines is 1. The molecule has 3 heterocycles. The summed E-state index contributed by atoms with van der Waals surface area (Å²) in [6.45, 7) is 3.23. The largest absolute Gasteiger partial charge is 0.361 e. The first kappa shape index (κ1) is 15.4. The maximum atomic E-state index is 12.3. The Balaban J connectivity index is 1.60. The minimum Gasteiger partial charge on any atom is -0.361 e. The lowest BCUT2D eigenvalue weighted by Crippen LogP contribution is -2.38. The van der Waals surface area contributed by atoms with E-state index in [0.717, 1.165) is 13.0 Å². The monoisotopic (exact) mass is 332 g/mol. The fourth-order valence-corrected chi connectivity index (χ4v) is 3.47. The highest BCUT2D eigenvalue weighted by atomic mass is 32.1. The molecule has 3 rings (SSSR count). The number of thiophene rings is 1. The van der Waals surface area contributed by atoms with E-state index in [0.29, 0.717) is 17.9 Å². The highest BCUT2D eigenvalue weighted by Crippen LogP contribution is 2.24. The van der Waals surface area contributed by atoms with E-state index in [4.69, 9.17) is 0 Å². The molecule has 1 amide bonds. The van der Waals surface area contributed by atoms with Crippen molar-refractivity contribution in [1.29, 1.82) is 0 Å². The van der Waals surface area contributed by atoms with Crippen molar-refractivity contribution < 1.29 is 9.72 Å². The SMILES string of the molecule is Cc1cc([N+](=O)[O-])cnc1NCC(=O)N1CCc2sccc2C1. The normalized spacial score (nSPS) is 13.5. The van der Waals surface area contributed by atoms with Crippen molar-refractivity contribution in [3.63, 3.8) is 0 Å². The van der Waals surface area contributed by atoms with Crippen LogP contribution >= 0.6 is 11.3 Å². The molecular weight excluding hydrogens is 316 g/mol. The van der Waals surface area contributed by atoms with Gasteiger partial charge in [-0.15, -0.1) is 11.3 Å². The molecule has 0 saturated carbocycles. The number of nitrogens with one attached hydrogen (secondary N) is 1. The molecule has 0 radical (unpaired) electrons. The average molecular weight is 332 g/mol. The highest BCUT2D eigenvalue weighted by molar-refractivity contribution is 7.10. The number of carbonyl (C=O) groups is 1.